The molecule has 0 bridgehead atoms. The van der Waals surface area contributed by atoms with Crippen molar-refractivity contribution < 1.29 is 24.6 Å². The zero-order valence-corrected chi connectivity index (χ0v) is 23.9. The third kappa shape index (κ3) is 12.4. The molecule has 0 spiro atoms. The van der Waals surface area contributed by atoms with Gasteiger partial charge >= 0.3 is 5.69 Å². The minimum atomic E-state index is -0.941. The fourth-order valence-electron chi connectivity index (χ4n) is 4.59. The zero-order valence-electron chi connectivity index (χ0n) is 23.9. The lowest BCUT2D eigenvalue weighted by atomic mass is 10.0. The van der Waals surface area contributed by atoms with Crippen LogP contribution in [0.15, 0.2) is 28.9 Å². The van der Waals surface area contributed by atoms with Gasteiger partial charge in [0.25, 0.3) is 0 Å². The predicted molar refractivity (Wildman–Crippen MR) is 156 cm³/mol. The lowest BCUT2D eigenvalue weighted by Crippen LogP contribution is -2.45. The van der Waals surface area contributed by atoms with Crippen LogP contribution < -0.4 is 10.6 Å². The number of nitrogens with one attached hydrogen (secondary N) is 2. The molecule has 1 aromatic carbocycles. The van der Waals surface area contributed by atoms with E-state index < -0.39 is 17.1 Å². The third-order valence-electron chi connectivity index (χ3n) is 7.00. The van der Waals surface area contributed by atoms with Gasteiger partial charge in [0.15, 0.2) is 5.52 Å². The Morgan fingerprint density at radius 3 is 2.30 bits per heavy atom. The van der Waals surface area contributed by atoms with Gasteiger partial charge in [-0.15, -0.1) is 0 Å². The summed E-state index contributed by atoms with van der Waals surface area (Å²) in [4.78, 5) is 22.9. The zero-order chi connectivity index (χ0) is 29.0. The lowest BCUT2D eigenvalue weighted by Gasteiger charge is -2.20. The Hall–Kier alpha value is -3.05. The average Bonchev–Trinajstić information content (AvgIpc) is 3.44. The van der Waals surface area contributed by atoms with E-state index in [1.54, 1.807) is 12.1 Å². The van der Waals surface area contributed by atoms with Crippen molar-refractivity contribution in [2.75, 3.05) is 18.5 Å². The number of carbonyl (C=O) groups excluding carboxylic acids is 1. The fraction of sp³-hybridized carbons (Fsp3) is 0.690. The van der Waals surface area contributed by atoms with Gasteiger partial charge in [-0.3, -0.25) is 14.9 Å². The molecule has 2 aromatic rings. The van der Waals surface area contributed by atoms with Crippen LogP contribution in [0.1, 0.15) is 103 Å². The van der Waals surface area contributed by atoms with Crippen molar-refractivity contribution in [3.05, 3.63) is 34.4 Å². The molecule has 1 heterocycles. The van der Waals surface area contributed by atoms with Crippen molar-refractivity contribution >= 4 is 28.3 Å². The van der Waals surface area contributed by atoms with Gasteiger partial charge in [-0.1, -0.05) is 83.3 Å². The van der Waals surface area contributed by atoms with E-state index in [4.69, 9.17) is 0 Å². The number of nitrogens with zero attached hydrogens (tertiary/aromatic N) is 3. The summed E-state index contributed by atoms with van der Waals surface area (Å²) in [5, 5.41) is 44.3. The summed E-state index contributed by atoms with van der Waals surface area (Å²) in [5.74, 6) is -0.240. The smallest absolute Gasteiger partial charge is 0.300 e. The van der Waals surface area contributed by atoms with Gasteiger partial charge in [0.2, 0.25) is 11.4 Å². The topological polar surface area (TPSA) is 164 Å². The third-order valence-corrected chi connectivity index (χ3v) is 7.00. The van der Waals surface area contributed by atoms with E-state index in [0.29, 0.717) is 25.1 Å². The second-order valence-corrected chi connectivity index (χ2v) is 10.3. The molecule has 1 amide bonds. The van der Waals surface area contributed by atoms with E-state index >= 15 is 0 Å². The van der Waals surface area contributed by atoms with Crippen molar-refractivity contribution in [3.63, 3.8) is 0 Å². The van der Waals surface area contributed by atoms with E-state index in [0.717, 1.165) is 12.8 Å². The number of benzene rings is 1. The van der Waals surface area contributed by atoms with Crippen LogP contribution >= 0.6 is 0 Å². The first-order valence-corrected chi connectivity index (χ1v) is 14.9. The van der Waals surface area contributed by atoms with E-state index in [-0.39, 0.29) is 35.7 Å². The van der Waals surface area contributed by atoms with Crippen LogP contribution in [0.3, 0.4) is 0 Å². The summed E-state index contributed by atoms with van der Waals surface area (Å²) in [6, 6.07) is 2.15. The predicted octanol–water partition coefficient (Wildman–Crippen LogP) is 5.81. The second-order valence-electron chi connectivity index (χ2n) is 10.3. The first-order valence-electron chi connectivity index (χ1n) is 14.9. The maximum absolute atomic E-state index is 12.3. The highest BCUT2D eigenvalue weighted by atomic mass is 16.6. The van der Waals surface area contributed by atoms with Crippen LogP contribution in [-0.2, 0) is 4.79 Å². The number of nitro benzene ring substituents is 1. The van der Waals surface area contributed by atoms with E-state index in [1.807, 2.05) is 6.08 Å². The summed E-state index contributed by atoms with van der Waals surface area (Å²) in [7, 11) is 0. The summed E-state index contributed by atoms with van der Waals surface area (Å²) in [6.07, 6.45) is 19.2. The van der Waals surface area contributed by atoms with Crippen LogP contribution in [-0.4, -0.2) is 56.7 Å². The molecule has 2 rings (SSSR count). The van der Waals surface area contributed by atoms with E-state index in [1.165, 1.54) is 70.3 Å². The Morgan fingerprint density at radius 1 is 1.00 bits per heavy atom. The molecule has 0 fully saturated rings. The van der Waals surface area contributed by atoms with Crippen LogP contribution in [0.4, 0.5) is 11.4 Å². The molecule has 224 valence electrons. The van der Waals surface area contributed by atoms with Gasteiger partial charge in [-0.05, 0) is 42.1 Å². The van der Waals surface area contributed by atoms with Crippen molar-refractivity contribution in [1.82, 2.24) is 15.6 Å². The number of allylic oxidation sites excluding steroid dienone is 1. The minimum Gasteiger partial charge on any atom is -0.394 e. The first kappa shape index (κ1) is 33.2. The molecule has 0 aliphatic heterocycles. The first-order chi connectivity index (χ1) is 19.5. The maximum Gasteiger partial charge on any atom is 0.300 e. The van der Waals surface area contributed by atoms with Gasteiger partial charge in [0, 0.05) is 19.0 Å². The van der Waals surface area contributed by atoms with Crippen LogP contribution in [0, 0.1) is 10.1 Å². The number of fused-ring (bicyclic) bond motifs is 1. The molecule has 0 aliphatic rings. The van der Waals surface area contributed by atoms with Crippen LogP contribution in [0.2, 0.25) is 0 Å². The molecule has 0 aliphatic carbocycles. The molecule has 0 unspecified atom stereocenters. The second kappa shape index (κ2) is 19.9. The summed E-state index contributed by atoms with van der Waals surface area (Å²) >= 11 is 0. The number of non-ortho nitro benzene ring substituents is 1. The normalized spacial score (nSPS) is 13.1. The van der Waals surface area contributed by atoms with Crippen molar-refractivity contribution in [3.8, 4) is 0 Å². The number of hydrogen-bond donors (Lipinski definition) is 4. The van der Waals surface area contributed by atoms with Gasteiger partial charge < -0.3 is 20.8 Å². The Kier molecular flexibility index (Phi) is 16.5. The average molecular weight is 562 g/mol. The molecule has 2 atom stereocenters. The number of nitro groups is 1. The maximum atomic E-state index is 12.3. The molecule has 40 heavy (non-hydrogen) atoms. The molecule has 1 aromatic heterocycles. The minimum absolute atomic E-state index is 0.0795. The van der Waals surface area contributed by atoms with Crippen molar-refractivity contribution in [2.24, 2.45) is 0 Å². The van der Waals surface area contributed by atoms with Gasteiger partial charge in [-0.25, -0.2) is 4.63 Å². The highest BCUT2D eigenvalue weighted by Crippen LogP contribution is 2.28. The lowest BCUT2D eigenvalue weighted by molar-refractivity contribution is -0.383. The summed E-state index contributed by atoms with van der Waals surface area (Å²) in [5.41, 5.74) is 0.747. The van der Waals surface area contributed by atoms with Crippen molar-refractivity contribution in [1.29, 1.82) is 0 Å². The Bertz CT molecular complexity index is 1030. The van der Waals surface area contributed by atoms with Crippen LogP contribution in [0.25, 0.3) is 11.0 Å². The molecule has 4 N–H and O–H groups in total. The SMILES string of the molecule is CCCCCCCCCCCCC/C=C/[C@@H](O)[C@H](CO)NC(=O)CCCCNc1ccc([N+](=O)[O-])c2nonc12. The Labute approximate surface area is 236 Å². The number of aliphatic hydroxyl groups excluding tert-OH is 2. The number of rotatable bonds is 23. The Balaban J connectivity index is 1.55. The molecular formula is C29H47N5O6. The number of amides is 1. The van der Waals surface area contributed by atoms with E-state index in [2.05, 4.69) is 32.5 Å². The molecule has 11 heteroatoms. The fourth-order valence-corrected chi connectivity index (χ4v) is 4.59. The number of anilines is 1. The molecule has 11 nitrogen and oxygen atoms in total. The van der Waals surface area contributed by atoms with Crippen molar-refractivity contribution in [2.45, 2.75) is 115 Å². The largest absolute Gasteiger partial charge is 0.394 e. The monoisotopic (exact) mass is 561 g/mol. The molecule has 0 radical (unpaired) electrons. The van der Waals surface area contributed by atoms with Crippen LogP contribution in [0.5, 0.6) is 0 Å². The van der Waals surface area contributed by atoms with Gasteiger partial charge in [-0.2, -0.15) is 0 Å². The number of aliphatic hydroxyl groups is 2. The number of hydrogen-bond acceptors (Lipinski definition) is 9. The Morgan fingerprint density at radius 2 is 1.65 bits per heavy atom. The standard InChI is InChI=1S/C29H47N5O6/c1-2-3-4-5-6-7-8-9-10-11-12-13-14-17-26(36)24(22-35)31-27(37)18-15-16-21-30-23-19-20-25(34(38)39)29-28(23)32-40-33-29/h14,17,19-20,24,26,30,35-36H,2-13,15-16,18,21-22H2,1H3,(H,31,37)/b17-14+/t24-,26+/m0/s1. The van der Waals surface area contributed by atoms with Gasteiger partial charge in [0.05, 0.1) is 29.4 Å². The number of carbonyl (C=O) groups is 1. The highest BCUT2D eigenvalue weighted by Gasteiger charge is 2.20. The summed E-state index contributed by atoms with van der Waals surface area (Å²) < 4.78 is 4.65. The number of unbranched alkanes of at least 4 members (excludes halogenated alkanes) is 12. The van der Waals surface area contributed by atoms with E-state index in [9.17, 15) is 25.1 Å². The molecular weight excluding hydrogens is 514 g/mol. The highest BCUT2D eigenvalue weighted by molar-refractivity contribution is 5.93. The quantitative estimate of drug-likeness (QED) is 0.0567. The summed E-state index contributed by atoms with van der Waals surface area (Å²) in [6.45, 7) is 2.41. The number of aromatic nitrogens is 2. The molecule has 0 saturated carbocycles. The van der Waals surface area contributed by atoms with Gasteiger partial charge in [0.1, 0.15) is 0 Å². The molecule has 0 saturated heterocycles.